The van der Waals surface area contributed by atoms with Gasteiger partial charge in [-0.25, -0.2) is 9.89 Å². The molecule has 0 aliphatic carbocycles. The molecule has 1 aromatic carbocycles. The second kappa shape index (κ2) is 7.91. The van der Waals surface area contributed by atoms with Gasteiger partial charge in [-0.3, -0.25) is 4.79 Å². The number of carbonyl (C=O) groups excluding carboxylic acids is 2. The summed E-state index contributed by atoms with van der Waals surface area (Å²) in [5.74, 6) is -0.595. The van der Waals surface area contributed by atoms with Crippen LogP contribution in [0.4, 0.5) is 5.95 Å². The number of esters is 1. The average Bonchev–Trinajstić information content (AvgIpc) is 3.25. The highest BCUT2D eigenvalue weighted by molar-refractivity contribution is 7.99. The normalized spacial score (nSPS) is 12.0. The first-order valence-electron chi connectivity index (χ1n) is 7.79. The Morgan fingerprint density at radius 1 is 1.38 bits per heavy atom. The molecule has 3 rings (SSSR count). The van der Waals surface area contributed by atoms with Crippen LogP contribution in [0.15, 0.2) is 35.6 Å². The van der Waals surface area contributed by atoms with Crippen molar-refractivity contribution in [2.24, 2.45) is 0 Å². The molecule has 0 aliphatic heterocycles. The van der Waals surface area contributed by atoms with Gasteiger partial charge in [-0.2, -0.15) is 4.98 Å². The van der Waals surface area contributed by atoms with Crippen molar-refractivity contribution in [2.75, 3.05) is 18.6 Å². The number of aromatic nitrogens is 4. The number of thioether (sulfide) groups is 1. The summed E-state index contributed by atoms with van der Waals surface area (Å²) in [6.07, 6.45) is 2.15. The molecule has 2 heterocycles. The number of nitrogens with zero attached hydrogens (tertiary/aromatic N) is 2. The third-order valence-corrected chi connectivity index (χ3v) is 4.58. The molecule has 0 spiro atoms. The van der Waals surface area contributed by atoms with E-state index in [0.29, 0.717) is 11.6 Å². The Balaban J connectivity index is 1.66. The van der Waals surface area contributed by atoms with Gasteiger partial charge >= 0.3 is 5.97 Å². The average molecular weight is 374 g/mol. The van der Waals surface area contributed by atoms with Gasteiger partial charge in [0.2, 0.25) is 17.0 Å². The van der Waals surface area contributed by atoms with Crippen LogP contribution >= 0.6 is 11.8 Å². The van der Waals surface area contributed by atoms with Crippen LogP contribution in [0.2, 0.25) is 0 Å². The molecule has 1 amide bonds. The first-order valence-corrected chi connectivity index (χ1v) is 8.78. The standard InChI is InChI=1S/C16H18N6O3S/c1-25-14(24)12(6-9-7-18-11-5-3-2-4-10(9)11)19-13(23)8-26-16-20-15(17)21-22-16/h2-5,7,12,18H,6,8H2,1H3,(H,19,23)(H3,17,20,21,22)/t12-/m0/s1. The molecular formula is C16H18N6O3S. The summed E-state index contributed by atoms with van der Waals surface area (Å²) >= 11 is 1.12. The molecule has 0 unspecified atom stereocenters. The van der Waals surface area contributed by atoms with Gasteiger partial charge in [0, 0.05) is 23.5 Å². The van der Waals surface area contributed by atoms with Crippen molar-refractivity contribution in [3.05, 3.63) is 36.0 Å². The molecule has 0 saturated carbocycles. The van der Waals surface area contributed by atoms with Crippen molar-refractivity contribution in [3.8, 4) is 0 Å². The third kappa shape index (κ3) is 4.14. The number of aromatic amines is 2. The van der Waals surface area contributed by atoms with E-state index in [4.69, 9.17) is 10.5 Å². The van der Waals surface area contributed by atoms with Crippen LogP contribution < -0.4 is 11.1 Å². The predicted octanol–water partition coefficient (Wildman–Crippen LogP) is 0.861. The highest BCUT2D eigenvalue weighted by atomic mass is 32.2. The topological polar surface area (TPSA) is 139 Å². The van der Waals surface area contributed by atoms with E-state index < -0.39 is 12.0 Å². The molecule has 0 saturated heterocycles. The van der Waals surface area contributed by atoms with Crippen molar-refractivity contribution in [1.82, 2.24) is 25.5 Å². The number of amides is 1. The molecule has 3 aromatic rings. The highest BCUT2D eigenvalue weighted by Crippen LogP contribution is 2.19. The lowest BCUT2D eigenvalue weighted by Crippen LogP contribution is -2.43. The number of fused-ring (bicyclic) bond motifs is 1. The summed E-state index contributed by atoms with van der Waals surface area (Å²) < 4.78 is 4.82. The summed E-state index contributed by atoms with van der Waals surface area (Å²) in [5.41, 5.74) is 7.33. The molecule has 9 nitrogen and oxygen atoms in total. The Hall–Kier alpha value is -3.01. The molecule has 10 heteroatoms. The molecule has 0 aliphatic rings. The van der Waals surface area contributed by atoms with Crippen LogP contribution in [0.25, 0.3) is 10.9 Å². The number of anilines is 1. The van der Waals surface area contributed by atoms with Crippen molar-refractivity contribution >= 4 is 40.5 Å². The smallest absolute Gasteiger partial charge is 0.328 e. The SMILES string of the molecule is COC(=O)[C@H](Cc1c[nH]c2ccccc12)NC(=O)CSc1n[nH]c(N)n1. The number of nitrogens with one attached hydrogen (secondary N) is 3. The number of para-hydroxylation sites is 1. The molecule has 2 aromatic heterocycles. The number of nitrogens with two attached hydrogens (primary N) is 1. The number of benzene rings is 1. The van der Waals surface area contributed by atoms with Crippen LogP contribution in [-0.4, -0.2) is 50.9 Å². The summed E-state index contributed by atoms with van der Waals surface area (Å²) in [5, 5.41) is 10.4. The summed E-state index contributed by atoms with van der Waals surface area (Å²) in [6, 6.07) is 6.97. The minimum absolute atomic E-state index is 0.0542. The van der Waals surface area contributed by atoms with Crippen molar-refractivity contribution in [1.29, 1.82) is 0 Å². The third-order valence-electron chi connectivity index (χ3n) is 3.73. The summed E-state index contributed by atoms with van der Waals surface area (Å²) in [7, 11) is 1.29. The number of nitrogen functional groups attached to an aromatic ring is 1. The molecule has 136 valence electrons. The van der Waals surface area contributed by atoms with Gasteiger partial charge in [-0.15, -0.1) is 5.10 Å². The lowest BCUT2D eigenvalue weighted by Gasteiger charge is -2.16. The van der Waals surface area contributed by atoms with E-state index >= 15 is 0 Å². The number of rotatable bonds is 7. The molecular weight excluding hydrogens is 356 g/mol. The van der Waals surface area contributed by atoms with Gasteiger partial charge in [-0.1, -0.05) is 30.0 Å². The fraction of sp³-hybridized carbons (Fsp3) is 0.250. The van der Waals surface area contributed by atoms with Gasteiger partial charge in [-0.05, 0) is 11.6 Å². The van der Waals surface area contributed by atoms with Crippen molar-refractivity contribution in [3.63, 3.8) is 0 Å². The molecule has 0 radical (unpaired) electrons. The predicted molar refractivity (Wildman–Crippen MR) is 97.5 cm³/mol. The minimum Gasteiger partial charge on any atom is -0.467 e. The second-order valence-corrected chi connectivity index (χ2v) is 6.44. The first-order chi connectivity index (χ1) is 12.6. The number of carbonyl (C=O) groups is 2. The maximum absolute atomic E-state index is 12.2. The number of methoxy groups -OCH3 is 1. The van der Waals surface area contributed by atoms with Crippen LogP contribution in [0, 0.1) is 0 Å². The van der Waals surface area contributed by atoms with Gasteiger partial charge < -0.3 is 20.8 Å². The number of hydrogen-bond donors (Lipinski definition) is 4. The zero-order valence-electron chi connectivity index (χ0n) is 14.0. The molecule has 0 bridgehead atoms. The van der Waals surface area contributed by atoms with Crippen molar-refractivity contribution < 1.29 is 14.3 Å². The van der Waals surface area contributed by atoms with Gasteiger partial charge in [0.25, 0.3) is 0 Å². The Morgan fingerprint density at radius 2 is 2.19 bits per heavy atom. The Kier molecular flexibility index (Phi) is 5.42. The van der Waals surface area contributed by atoms with E-state index in [1.54, 1.807) is 0 Å². The first kappa shape index (κ1) is 17.8. The maximum Gasteiger partial charge on any atom is 0.328 e. The van der Waals surface area contributed by atoms with Crippen LogP contribution in [0.1, 0.15) is 5.56 Å². The zero-order chi connectivity index (χ0) is 18.5. The van der Waals surface area contributed by atoms with E-state index in [1.165, 1.54) is 7.11 Å². The molecule has 26 heavy (non-hydrogen) atoms. The van der Waals surface area contributed by atoms with Crippen LogP contribution in [-0.2, 0) is 20.7 Å². The lowest BCUT2D eigenvalue weighted by molar-refractivity contribution is -0.144. The Labute approximate surface area is 153 Å². The van der Waals surface area contributed by atoms with Gasteiger partial charge in [0.15, 0.2) is 0 Å². The largest absolute Gasteiger partial charge is 0.467 e. The molecule has 1 atom stereocenters. The quantitative estimate of drug-likeness (QED) is 0.355. The maximum atomic E-state index is 12.2. The monoisotopic (exact) mass is 374 g/mol. The van der Waals surface area contributed by atoms with E-state index in [-0.39, 0.29) is 17.6 Å². The highest BCUT2D eigenvalue weighted by Gasteiger charge is 2.23. The fourth-order valence-corrected chi connectivity index (χ4v) is 3.16. The number of H-pyrrole nitrogens is 2. The molecule has 5 N–H and O–H groups in total. The number of hydrogen-bond acceptors (Lipinski definition) is 7. The minimum atomic E-state index is -0.787. The lowest BCUT2D eigenvalue weighted by atomic mass is 10.0. The van der Waals surface area contributed by atoms with E-state index in [9.17, 15) is 9.59 Å². The Bertz CT molecular complexity index is 922. The van der Waals surface area contributed by atoms with Crippen LogP contribution in [0.5, 0.6) is 0 Å². The second-order valence-electron chi connectivity index (χ2n) is 5.50. The van der Waals surface area contributed by atoms with E-state index in [2.05, 4.69) is 25.5 Å². The summed E-state index contributed by atoms with van der Waals surface area (Å²) in [6.45, 7) is 0. The van der Waals surface area contributed by atoms with Gasteiger partial charge in [0.05, 0.1) is 12.9 Å². The van der Waals surface area contributed by atoms with Crippen LogP contribution in [0.3, 0.4) is 0 Å². The Morgan fingerprint density at radius 3 is 2.92 bits per heavy atom. The fourth-order valence-electron chi connectivity index (χ4n) is 2.54. The molecule has 0 fully saturated rings. The van der Waals surface area contributed by atoms with Gasteiger partial charge in [0.1, 0.15) is 6.04 Å². The van der Waals surface area contributed by atoms with Crippen molar-refractivity contribution in [2.45, 2.75) is 17.6 Å². The van der Waals surface area contributed by atoms with E-state index in [1.807, 2.05) is 30.5 Å². The summed E-state index contributed by atoms with van der Waals surface area (Å²) in [4.78, 5) is 31.3. The zero-order valence-corrected chi connectivity index (χ0v) is 14.8. The van der Waals surface area contributed by atoms with E-state index in [0.717, 1.165) is 28.2 Å². The number of ether oxygens (including phenoxy) is 1.